The quantitative estimate of drug-likeness (QED) is 0.871. The zero-order valence-corrected chi connectivity index (χ0v) is 11.1. The normalized spacial score (nSPS) is 19.4. The molecule has 0 unspecified atom stereocenters. The van der Waals surface area contributed by atoms with Gasteiger partial charge in [-0.05, 0) is 43.4 Å². The molecule has 0 radical (unpaired) electrons. The van der Waals surface area contributed by atoms with Crippen molar-refractivity contribution in [2.45, 2.75) is 31.8 Å². The fraction of sp³-hybridized carbons (Fsp3) is 0.538. The van der Waals surface area contributed by atoms with E-state index in [1.807, 2.05) is 6.92 Å². The van der Waals surface area contributed by atoms with E-state index < -0.39 is 0 Å². The lowest BCUT2D eigenvalue weighted by molar-refractivity contribution is 0.236. The maximum Gasteiger partial charge on any atom is 0.0582 e. The molecule has 3 heteroatoms. The van der Waals surface area contributed by atoms with E-state index in [9.17, 15) is 0 Å². The summed E-state index contributed by atoms with van der Waals surface area (Å²) in [5.74, 6) is 0.746. The van der Waals surface area contributed by atoms with Crippen molar-refractivity contribution in [3.05, 3.63) is 34.3 Å². The largest absolute Gasteiger partial charge is 0.395 e. The molecular formula is C13H18BrNO. The Bertz CT molecular complexity index is 334. The van der Waals surface area contributed by atoms with Crippen molar-refractivity contribution in [1.82, 2.24) is 5.32 Å². The molecule has 1 aliphatic carbocycles. The third kappa shape index (κ3) is 3.06. The summed E-state index contributed by atoms with van der Waals surface area (Å²) in [4.78, 5) is 0. The van der Waals surface area contributed by atoms with Gasteiger partial charge in [-0.1, -0.05) is 28.1 Å². The molecule has 16 heavy (non-hydrogen) atoms. The molecule has 2 atom stereocenters. The molecule has 0 bridgehead atoms. The first-order valence-electron chi connectivity index (χ1n) is 5.83. The average molecular weight is 284 g/mol. The summed E-state index contributed by atoms with van der Waals surface area (Å²) in [6.45, 7) is 2.22. The Labute approximate surface area is 105 Å². The first-order valence-corrected chi connectivity index (χ1v) is 6.62. The van der Waals surface area contributed by atoms with E-state index in [1.54, 1.807) is 0 Å². The van der Waals surface area contributed by atoms with Gasteiger partial charge >= 0.3 is 0 Å². The molecule has 0 aliphatic heterocycles. The lowest BCUT2D eigenvalue weighted by atomic mass is 10.0. The number of nitrogens with one attached hydrogen (secondary N) is 1. The average Bonchev–Trinajstić information content (AvgIpc) is 3.11. The molecule has 0 spiro atoms. The van der Waals surface area contributed by atoms with Crippen LogP contribution in [0.4, 0.5) is 0 Å². The SMILES string of the molecule is C[C@H](CO)N[C@H](c1ccc(Br)cc1)C1CC1. The molecule has 1 aliphatic rings. The fourth-order valence-electron chi connectivity index (χ4n) is 1.96. The first-order chi connectivity index (χ1) is 7.70. The molecule has 2 rings (SSSR count). The Morgan fingerprint density at radius 2 is 2.00 bits per heavy atom. The van der Waals surface area contributed by atoms with E-state index in [4.69, 9.17) is 5.11 Å². The summed E-state index contributed by atoms with van der Waals surface area (Å²) in [6, 6.07) is 9.03. The number of aliphatic hydroxyl groups is 1. The lowest BCUT2D eigenvalue weighted by Crippen LogP contribution is -2.34. The van der Waals surface area contributed by atoms with Crippen LogP contribution in [0.25, 0.3) is 0 Å². The molecule has 0 saturated heterocycles. The van der Waals surface area contributed by atoms with Crippen LogP contribution < -0.4 is 5.32 Å². The van der Waals surface area contributed by atoms with Crippen LogP contribution in [0, 0.1) is 5.92 Å². The molecule has 1 aromatic rings. The molecular weight excluding hydrogens is 266 g/mol. The minimum absolute atomic E-state index is 0.161. The minimum atomic E-state index is 0.161. The maximum atomic E-state index is 9.11. The van der Waals surface area contributed by atoms with Gasteiger partial charge in [0.15, 0.2) is 0 Å². The monoisotopic (exact) mass is 283 g/mol. The topological polar surface area (TPSA) is 32.3 Å². The molecule has 2 nitrogen and oxygen atoms in total. The minimum Gasteiger partial charge on any atom is -0.395 e. The van der Waals surface area contributed by atoms with Crippen LogP contribution >= 0.6 is 15.9 Å². The zero-order valence-electron chi connectivity index (χ0n) is 9.49. The smallest absolute Gasteiger partial charge is 0.0582 e. The van der Waals surface area contributed by atoms with E-state index >= 15 is 0 Å². The molecule has 1 aromatic carbocycles. The summed E-state index contributed by atoms with van der Waals surface area (Å²) in [5.41, 5.74) is 1.33. The van der Waals surface area contributed by atoms with Crippen molar-refractivity contribution < 1.29 is 5.11 Å². The maximum absolute atomic E-state index is 9.11. The van der Waals surface area contributed by atoms with Crippen molar-refractivity contribution in [3.8, 4) is 0 Å². The van der Waals surface area contributed by atoms with Crippen molar-refractivity contribution >= 4 is 15.9 Å². The van der Waals surface area contributed by atoms with Gasteiger partial charge < -0.3 is 10.4 Å². The van der Waals surface area contributed by atoms with E-state index in [-0.39, 0.29) is 12.6 Å². The second kappa shape index (κ2) is 5.30. The number of hydrogen-bond donors (Lipinski definition) is 2. The van der Waals surface area contributed by atoms with Crippen LogP contribution in [0.3, 0.4) is 0 Å². The molecule has 88 valence electrons. The highest BCUT2D eigenvalue weighted by Crippen LogP contribution is 2.41. The Balaban J connectivity index is 2.09. The van der Waals surface area contributed by atoms with Crippen molar-refractivity contribution in [1.29, 1.82) is 0 Å². The first kappa shape index (κ1) is 12.1. The van der Waals surface area contributed by atoms with Gasteiger partial charge in [0, 0.05) is 16.6 Å². The molecule has 2 N–H and O–H groups in total. The molecule has 0 aromatic heterocycles. The Morgan fingerprint density at radius 1 is 1.38 bits per heavy atom. The Morgan fingerprint density at radius 3 is 2.50 bits per heavy atom. The summed E-state index contributed by atoms with van der Waals surface area (Å²) in [5, 5.41) is 12.6. The van der Waals surface area contributed by atoms with Crippen LogP contribution in [0.1, 0.15) is 31.4 Å². The van der Waals surface area contributed by atoms with Crippen LogP contribution in [-0.4, -0.2) is 17.8 Å². The van der Waals surface area contributed by atoms with Gasteiger partial charge in [-0.2, -0.15) is 0 Å². The highest BCUT2D eigenvalue weighted by atomic mass is 79.9. The molecule has 0 amide bonds. The predicted molar refractivity (Wildman–Crippen MR) is 69.3 cm³/mol. The second-order valence-corrected chi connectivity index (χ2v) is 5.53. The fourth-order valence-corrected chi connectivity index (χ4v) is 2.23. The highest BCUT2D eigenvalue weighted by Gasteiger charge is 2.32. The van der Waals surface area contributed by atoms with E-state index in [1.165, 1.54) is 18.4 Å². The number of rotatable bonds is 5. The summed E-state index contributed by atoms with van der Waals surface area (Å²) in [7, 11) is 0. The van der Waals surface area contributed by atoms with Crippen molar-refractivity contribution in [3.63, 3.8) is 0 Å². The summed E-state index contributed by atoms with van der Waals surface area (Å²) in [6.07, 6.45) is 2.59. The zero-order chi connectivity index (χ0) is 11.5. The van der Waals surface area contributed by atoms with Gasteiger partial charge in [0.1, 0.15) is 0 Å². The van der Waals surface area contributed by atoms with Gasteiger partial charge in [0.25, 0.3) is 0 Å². The number of halogens is 1. The summed E-state index contributed by atoms with van der Waals surface area (Å²) < 4.78 is 1.11. The molecule has 0 heterocycles. The van der Waals surface area contributed by atoms with Gasteiger partial charge in [0.05, 0.1) is 6.61 Å². The van der Waals surface area contributed by atoms with Crippen molar-refractivity contribution in [2.75, 3.05) is 6.61 Å². The van der Waals surface area contributed by atoms with Gasteiger partial charge in [-0.25, -0.2) is 0 Å². The Hall–Kier alpha value is -0.380. The third-order valence-electron chi connectivity index (χ3n) is 3.06. The number of benzene rings is 1. The second-order valence-electron chi connectivity index (χ2n) is 4.62. The van der Waals surface area contributed by atoms with Crippen LogP contribution in [0.2, 0.25) is 0 Å². The van der Waals surface area contributed by atoms with Crippen LogP contribution in [0.15, 0.2) is 28.7 Å². The third-order valence-corrected chi connectivity index (χ3v) is 3.59. The summed E-state index contributed by atoms with van der Waals surface area (Å²) >= 11 is 3.45. The van der Waals surface area contributed by atoms with E-state index in [0.717, 1.165) is 10.4 Å². The van der Waals surface area contributed by atoms with Crippen molar-refractivity contribution in [2.24, 2.45) is 5.92 Å². The van der Waals surface area contributed by atoms with Gasteiger partial charge in [-0.15, -0.1) is 0 Å². The van der Waals surface area contributed by atoms with Crippen LogP contribution in [-0.2, 0) is 0 Å². The standard InChI is InChI=1S/C13H18BrNO/c1-9(8-16)15-13(10-2-3-10)11-4-6-12(14)7-5-11/h4-7,9-10,13,15-16H,2-3,8H2,1H3/t9-,13+/m1/s1. The molecule has 1 saturated carbocycles. The molecule has 1 fully saturated rings. The number of aliphatic hydroxyl groups excluding tert-OH is 1. The predicted octanol–water partition coefficient (Wildman–Crippen LogP) is 2.87. The lowest BCUT2D eigenvalue weighted by Gasteiger charge is -2.22. The van der Waals surface area contributed by atoms with Crippen LogP contribution in [0.5, 0.6) is 0 Å². The van der Waals surface area contributed by atoms with Gasteiger partial charge in [0.2, 0.25) is 0 Å². The number of hydrogen-bond acceptors (Lipinski definition) is 2. The van der Waals surface area contributed by atoms with E-state index in [2.05, 4.69) is 45.5 Å². The Kier molecular flexibility index (Phi) is 4.00. The van der Waals surface area contributed by atoms with Gasteiger partial charge in [-0.3, -0.25) is 0 Å². The van der Waals surface area contributed by atoms with E-state index in [0.29, 0.717) is 6.04 Å². The highest BCUT2D eigenvalue weighted by molar-refractivity contribution is 9.10.